The summed E-state index contributed by atoms with van der Waals surface area (Å²) in [6.45, 7) is 0. The Balaban J connectivity index is 3.33. The van der Waals surface area contributed by atoms with E-state index < -0.39 is 34.2 Å². The van der Waals surface area contributed by atoms with Crippen molar-refractivity contribution < 1.29 is 22.5 Å². The van der Waals surface area contributed by atoms with Crippen LogP contribution in [0.1, 0.15) is 12.0 Å². The van der Waals surface area contributed by atoms with E-state index in [4.69, 9.17) is 0 Å². The maximum absolute atomic E-state index is 12.7. The highest BCUT2D eigenvalue weighted by Crippen LogP contribution is 2.28. The predicted molar refractivity (Wildman–Crippen MR) is 38.0 cm³/mol. The summed E-state index contributed by atoms with van der Waals surface area (Å²) in [4.78, 5) is 8.88. The smallest absolute Gasteiger partial charge is 0.258 e. The molecule has 0 saturated carbocycles. The van der Waals surface area contributed by atoms with Crippen LogP contribution >= 0.6 is 0 Å². The molecule has 0 bridgehead atoms. The van der Waals surface area contributed by atoms with Crippen LogP contribution in [0.4, 0.5) is 23.2 Å². The zero-order valence-electron chi connectivity index (χ0n) is 6.51. The lowest BCUT2D eigenvalue weighted by atomic mass is 10.2. The van der Waals surface area contributed by atoms with Crippen LogP contribution in [0.25, 0.3) is 0 Å². The van der Waals surface area contributed by atoms with Crippen molar-refractivity contribution in [1.29, 1.82) is 0 Å². The van der Waals surface area contributed by atoms with Crippen molar-refractivity contribution in [3.8, 4) is 0 Å². The van der Waals surface area contributed by atoms with Gasteiger partial charge in [0.05, 0.1) is 10.5 Å². The Labute approximate surface area is 75.1 Å². The third-order valence-electron chi connectivity index (χ3n) is 1.52. The first kappa shape index (κ1) is 10.4. The Morgan fingerprint density at radius 3 is 2.21 bits per heavy atom. The fourth-order valence-electron chi connectivity index (χ4n) is 0.864. The number of benzene rings is 1. The normalized spacial score (nSPS) is 10.6. The SMILES string of the molecule is O=[N+]([O-])c1ccc(C(F)F)c(F)c1F. The molecular weight excluding hydrogens is 206 g/mol. The van der Waals surface area contributed by atoms with E-state index >= 15 is 0 Å². The quantitative estimate of drug-likeness (QED) is 0.427. The zero-order valence-corrected chi connectivity index (χ0v) is 6.51. The highest BCUT2D eigenvalue weighted by atomic mass is 19.3. The molecule has 0 aliphatic heterocycles. The molecule has 7 heteroatoms. The maximum atomic E-state index is 12.7. The summed E-state index contributed by atoms with van der Waals surface area (Å²) in [5.41, 5.74) is -2.35. The van der Waals surface area contributed by atoms with Crippen LogP contribution in [0.5, 0.6) is 0 Å². The number of hydrogen-bond donors (Lipinski definition) is 0. The lowest BCUT2D eigenvalue weighted by Crippen LogP contribution is -2.00. The van der Waals surface area contributed by atoms with E-state index in [1.54, 1.807) is 0 Å². The molecule has 0 saturated heterocycles. The van der Waals surface area contributed by atoms with E-state index in [0.29, 0.717) is 12.1 Å². The van der Waals surface area contributed by atoms with Gasteiger partial charge in [0.25, 0.3) is 6.43 Å². The van der Waals surface area contributed by atoms with Gasteiger partial charge in [-0.1, -0.05) is 0 Å². The first-order valence-electron chi connectivity index (χ1n) is 3.35. The first-order chi connectivity index (χ1) is 6.45. The Hall–Kier alpha value is -1.66. The molecule has 1 rings (SSSR count). The molecule has 0 aliphatic rings. The van der Waals surface area contributed by atoms with Gasteiger partial charge in [0.15, 0.2) is 5.82 Å². The monoisotopic (exact) mass is 209 g/mol. The predicted octanol–water partition coefficient (Wildman–Crippen LogP) is 2.81. The summed E-state index contributed by atoms with van der Waals surface area (Å²) in [6, 6.07) is 0.987. The number of nitro benzene ring substituents is 1. The maximum Gasteiger partial charge on any atom is 0.307 e. The van der Waals surface area contributed by atoms with Gasteiger partial charge >= 0.3 is 5.69 Å². The molecule has 3 nitrogen and oxygen atoms in total. The Bertz CT molecular complexity index is 380. The molecule has 1 aromatic carbocycles. The number of rotatable bonds is 2. The van der Waals surface area contributed by atoms with Crippen molar-refractivity contribution in [2.75, 3.05) is 0 Å². The fourth-order valence-corrected chi connectivity index (χ4v) is 0.864. The van der Waals surface area contributed by atoms with Crippen molar-refractivity contribution in [2.45, 2.75) is 6.43 Å². The largest absolute Gasteiger partial charge is 0.307 e. The molecule has 0 heterocycles. The number of nitro groups is 1. The molecule has 0 aliphatic carbocycles. The highest BCUT2D eigenvalue weighted by molar-refractivity contribution is 5.36. The summed E-state index contributed by atoms with van der Waals surface area (Å²) in [5.74, 6) is -3.75. The minimum absolute atomic E-state index is 0.487. The molecule has 0 atom stereocenters. The minimum Gasteiger partial charge on any atom is -0.258 e. The molecule has 0 N–H and O–H groups in total. The minimum atomic E-state index is -3.20. The average molecular weight is 209 g/mol. The van der Waals surface area contributed by atoms with Gasteiger partial charge in [0.2, 0.25) is 5.82 Å². The van der Waals surface area contributed by atoms with E-state index in [0.717, 1.165) is 0 Å². The van der Waals surface area contributed by atoms with E-state index in [2.05, 4.69) is 0 Å². The number of hydrogen-bond acceptors (Lipinski definition) is 2. The van der Waals surface area contributed by atoms with Gasteiger partial charge in [-0.05, 0) is 6.07 Å². The first-order valence-corrected chi connectivity index (χ1v) is 3.35. The van der Waals surface area contributed by atoms with Crippen LogP contribution in [-0.4, -0.2) is 4.92 Å². The van der Waals surface area contributed by atoms with Gasteiger partial charge in [0, 0.05) is 6.07 Å². The van der Waals surface area contributed by atoms with Crippen molar-refractivity contribution in [2.24, 2.45) is 0 Å². The van der Waals surface area contributed by atoms with Gasteiger partial charge in [-0.3, -0.25) is 10.1 Å². The van der Waals surface area contributed by atoms with Crippen LogP contribution in [0.15, 0.2) is 12.1 Å². The lowest BCUT2D eigenvalue weighted by molar-refractivity contribution is -0.387. The van der Waals surface area contributed by atoms with E-state index in [1.165, 1.54) is 0 Å². The average Bonchev–Trinajstić information content (AvgIpc) is 2.08. The van der Waals surface area contributed by atoms with Crippen molar-refractivity contribution in [1.82, 2.24) is 0 Å². The summed E-state index contributed by atoms with van der Waals surface area (Å²) in [5, 5.41) is 10.1. The van der Waals surface area contributed by atoms with Gasteiger partial charge in [0.1, 0.15) is 0 Å². The van der Waals surface area contributed by atoms with Crippen LogP contribution in [-0.2, 0) is 0 Å². The molecule has 0 aromatic heterocycles. The van der Waals surface area contributed by atoms with Crippen molar-refractivity contribution >= 4 is 5.69 Å². The molecule has 0 fully saturated rings. The second-order valence-corrected chi connectivity index (χ2v) is 2.36. The molecule has 14 heavy (non-hydrogen) atoms. The second-order valence-electron chi connectivity index (χ2n) is 2.36. The van der Waals surface area contributed by atoms with Gasteiger partial charge in [-0.15, -0.1) is 0 Å². The zero-order chi connectivity index (χ0) is 10.9. The topological polar surface area (TPSA) is 43.1 Å². The Morgan fingerprint density at radius 1 is 1.21 bits per heavy atom. The lowest BCUT2D eigenvalue weighted by Gasteiger charge is -2.02. The fraction of sp³-hybridized carbons (Fsp3) is 0.143. The number of halogens is 4. The molecule has 0 radical (unpaired) electrons. The van der Waals surface area contributed by atoms with Crippen LogP contribution in [0.3, 0.4) is 0 Å². The van der Waals surface area contributed by atoms with E-state index in [9.17, 15) is 27.7 Å². The van der Waals surface area contributed by atoms with Crippen molar-refractivity contribution in [3.05, 3.63) is 39.4 Å². The summed E-state index contributed by atoms with van der Waals surface area (Å²) in [7, 11) is 0. The third-order valence-corrected chi connectivity index (χ3v) is 1.52. The highest BCUT2D eigenvalue weighted by Gasteiger charge is 2.24. The second kappa shape index (κ2) is 3.60. The van der Waals surface area contributed by atoms with Crippen LogP contribution in [0.2, 0.25) is 0 Å². The molecule has 1 aromatic rings. The molecule has 76 valence electrons. The third kappa shape index (κ3) is 1.66. The molecular formula is C7H3F4NO2. The van der Waals surface area contributed by atoms with Gasteiger partial charge < -0.3 is 0 Å². The van der Waals surface area contributed by atoms with Crippen LogP contribution in [0, 0.1) is 21.7 Å². The summed E-state index contributed by atoms with van der Waals surface area (Å²) in [6.07, 6.45) is -3.20. The van der Waals surface area contributed by atoms with Crippen LogP contribution < -0.4 is 0 Å². The number of nitrogens with zero attached hydrogens (tertiary/aromatic N) is 1. The van der Waals surface area contributed by atoms with Gasteiger partial charge in [-0.2, -0.15) is 4.39 Å². The Kier molecular flexibility index (Phi) is 2.68. The van der Waals surface area contributed by atoms with E-state index in [1.807, 2.05) is 0 Å². The Morgan fingerprint density at radius 2 is 1.79 bits per heavy atom. The van der Waals surface area contributed by atoms with Gasteiger partial charge in [-0.25, -0.2) is 13.2 Å². The summed E-state index contributed by atoms with van der Waals surface area (Å²) < 4.78 is 49.4. The van der Waals surface area contributed by atoms with Crippen molar-refractivity contribution in [3.63, 3.8) is 0 Å². The summed E-state index contributed by atoms with van der Waals surface area (Å²) >= 11 is 0. The molecule has 0 amide bonds. The standard InChI is InChI=1S/C7H3F4NO2/c8-5-3(7(10)11)1-2-4(6(5)9)12(13)14/h1-2,7H. The number of alkyl halides is 2. The molecule has 0 unspecified atom stereocenters. The van der Waals surface area contributed by atoms with E-state index in [-0.39, 0.29) is 0 Å². The molecule has 0 spiro atoms.